The molecule has 1 aromatic carbocycles. The SMILES string of the molecule is CC(C)OP(=O)(/C=C(\Br)CC(=O)c1ccccc1)OC(C)C. The zero-order valence-corrected chi connectivity index (χ0v) is 15.8. The highest BCUT2D eigenvalue weighted by Gasteiger charge is 2.26. The maximum atomic E-state index is 12.7. The Labute approximate surface area is 140 Å². The van der Waals surface area contributed by atoms with Crippen LogP contribution in [0.2, 0.25) is 0 Å². The first-order valence-electron chi connectivity index (χ1n) is 7.14. The number of ketones is 1. The van der Waals surface area contributed by atoms with E-state index < -0.39 is 7.60 Å². The molecule has 0 atom stereocenters. The van der Waals surface area contributed by atoms with Gasteiger partial charge in [-0.05, 0) is 27.7 Å². The first kappa shape index (κ1) is 19.3. The summed E-state index contributed by atoms with van der Waals surface area (Å²) in [5.41, 5.74) is 0.609. The van der Waals surface area contributed by atoms with Crippen LogP contribution in [0.4, 0.5) is 0 Å². The predicted molar refractivity (Wildman–Crippen MR) is 92.4 cm³/mol. The summed E-state index contributed by atoms with van der Waals surface area (Å²) in [6, 6.07) is 8.96. The molecule has 22 heavy (non-hydrogen) atoms. The second-order valence-corrected chi connectivity index (χ2v) is 8.17. The molecule has 4 nitrogen and oxygen atoms in total. The highest BCUT2D eigenvalue weighted by Crippen LogP contribution is 2.53. The molecule has 0 unspecified atom stereocenters. The molecule has 0 aromatic heterocycles. The molecule has 0 radical (unpaired) electrons. The first-order chi connectivity index (χ1) is 10.2. The van der Waals surface area contributed by atoms with Gasteiger partial charge in [-0.15, -0.1) is 0 Å². The van der Waals surface area contributed by atoms with Crippen molar-refractivity contribution in [1.82, 2.24) is 0 Å². The number of carbonyl (C=O) groups excluding carboxylic acids is 1. The molecule has 0 heterocycles. The number of hydrogen-bond acceptors (Lipinski definition) is 4. The number of rotatable bonds is 8. The molecule has 6 heteroatoms. The summed E-state index contributed by atoms with van der Waals surface area (Å²) < 4.78 is 24.0. The fourth-order valence-corrected chi connectivity index (χ4v) is 4.56. The van der Waals surface area contributed by atoms with Gasteiger partial charge in [0.25, 0.3) is 0 Å². The summed E-state index contributed by atoms with van der Waals surface area (Å²) in [5.74, 6) is 1.32. The van der Waals surface area contributed by atoms with E-state index in [-0.39, 0.29) is 24.4 Å². The lowest BCUT2D eigenvalue weighted by Crippen LogP contribution is -2.07. The third-order valence-electron chi connectivity index (χ3n) is 2.44. The Morgan fingerprint density at radius 2 is 1.64 bits per heavy atom. The fourth-order valence-electron chi connectivity index (χ4n) is 1.77. The number of halogens is 1. The van der Waals surface area contributed by atoms with E-state index in [9.17, 15) is 9.36 Å². The van der Waals surface area contributed by atoms with E-state index in [0.717, 1.165) is 0 Å². The average Bonchev–Trinajstić information content (AvgIpc) is 2.36. The summed E-state index contributed by atoms with van der Waals surface area (Å²) >= 11 is 3.30. The van der Waals surface area contributed by atoms with E-state index in [2.05, 4.69) is 15.9 Å². The Balaban J connectivity index is 2.87. The van der Waals surface area contributed by atoms with Gasteiger partial charge < -0.3 is 9.05 Å². The Morgan fingerprint density at radius 1 is 1.14 bits per heavy atom. The first-order valence-corrected chi connectivity index (χ1v) is 9.54. The van der Waals surface area contributed by atoms with Crippen molar-refractivity contribution in [3.63, 3.8) is 0 Å². The highest BCUT2D eigenvalue weighted by molar-refractivity contribution is 9.11. The van der Waals surface area contributed by atoms with E-state index in [4.69, 9.17) is 9.05 Å². The second kappa shape index (κ2) is 8.78. The standard InChI is InChI=1S/C16H22BrO4P/c1-12(2)20-22(19,21-13(3)4)11-15(17)10-16(18)14-8-6-5-7-9-14/h5-9,11-13H,10H2,1-4H3/b15-11-. The highest BCUT2D eigenvalue weighted by atomic mass is 79.9. The molecule has 1 aromatic rings. The van der Waals surface area contributed by atoms with Crippen molar-refractivity contribution in [3.8, 4) is 0 Å². The summed E-state index contributed by atoms with van der Waals surface area (Å²) in [7, 11) is -3.40. The summed E-state index contributed by atoms with van der Waals surface area (Å²) in [5, 5.41) is 0. The molecular formula is C16H22BrO4P. The molecule has 0 saturated carbocycles. The molecule has 0 amide bonds. The monoisotopic (exact) mass is 388 g/mol. The second-order valence-electron chi connectivity index (χ2n) is 5.39. The van der Waals surface area contributed by atoms with Gasteiger partial charge in [-0.25, -0.2) is 0 Å². The van der Waals surface area contributed by atoms with Gasteiger partial charge in [0.15, 0.2) is 5.78 Å². The molecule has 122 valence electrons. The van der Waals surface area contributed by atoms with Crippen LogP contribution in [0.1, 0.15) is 44.5 Å². The fraction of sp³-hybridized carbons (Fsp3) is 0.438. The van der Waals surface area contributed by atoms with Crippen LogP contribution >= 0.6 is 23.5 Å². The molecule has 0 aliphatic carbocycles. The quantitative estimate of drug-likeness (QED) is 0.433. The van der Waals surface area contributed by atoms with Gasteiger partial charge in [-0.2, -0.15) is 0 Å². The van der Waals surface area contributed by atoms with Crippen LogP contribution in [-0.4, -0.2) is 18.0 Å². The molecule has 0 fully saturated rings. The minimum absolute atomic E-state index is 0.0654. The number of Topliss-reactive ketones (excluding diaryl/α,β-unsaturated/α-hetero) is 1. The molecule has 0 saturated heterocycles. The van der Waals surface area contributed by atoms with Crippen molar-refractivity contribution in [2.45, 2.75) is 46.3 Å². The van der Waals surface area contributed by atoms with Crippen molar-refractivity contribution in [1.29, 1.82) is 0 Å². The van der Waals surface area contributed by atoms with E-state index >= 15 is 0 Å². The number of hydrogen-bond donors (Lipinski definition) is 0. The zero-order valence-electron chi connectivity index (χ0n) is 13.3. The van der Waals surface area contributed by atoms with Crippen LogP contribution < -0.4 is 0 Å². The van der Waals surface area contributed by atoms with E-state index in [1.807, 2.05) is 6.07 Å². The number of allylic oxidation sites excluding steroid dienone is 1. The van der Waals surface area contributed by atoms with E-state index in [1.165, 1.54) is 5.82 Å². The van der Waals surface area contributed by atoms with Gasteiger partial charge in [0.1, 0.15) is 0 Å². The topological polar surface area (TPSA) is 52.6 Å². The van der Waals surface area contributed by atoms with Crippen LogP contribution in [0.25, 0.3) is 0 Å². The minimum atomic E-state index is -3.40. The Hall–Kier alpha value is -0.740. The molecule has 0 spiro atoms. The summed E-state index contributed by atoms with van der Waals surface area (Å²) in [6.45, 7) is 7.14. The maximum Gasteiger partial charge on any atom is 0.355 e. The molecule has 0 bridgehead atoms. The summed E-state index contributed by atoms with van der Waals surface area (Å²) in [4.78, 5) is 12.1. The Morgan fingerprint density at radius 3 is 2.09 bits per heavy atom. The molecule has 0 aliphatic heterocycles. The van der Waals surface area contributed by atoms with E-state index in [1.54, 1.807) is 52.0 Å². The van der Waals surface area contributed by atoms with Gasteiger partial charge in [-0.1, -0.05) is 46.3 Å². The largest absolute Gasteiger partial charge is 0.355 e. The molecule has 0 aliphatic rings. The number of benzene rings is 1. The third-order valence-corrected chi connectivity index (χ3v) is 5.36. The van der Waals surface area contributed by atoms with Gasteiger partial charge in [-0.3, -0.25) is 9.36 Å². The third kappa shape index (κ3) is 7.01. The van der Waals surface area contributed by atoms with Crippen molar-refractivity contribution in [3.05, 3.63) is 46.2 Å². The molecule has 0 N–H and O–H groups in total. The lowest BCUT2D eigenvalue weighted by Gasteiger charge is -2.20. The predicted octanol–water partition coefficient (Wildman–Crippen LogP) is 5.54. The van der Waals surface area contributed by atoms with Gasteiger partial charge in [0.2, 0.25) is 0 Å². The van der Waals surface area contributed by atoms with Gasteiger partial charge >= 0.3 is 7.60 Å². The van der Waals surface area contributed by atoms with E-state index in [0.29, 0.717) is 10.0 Å². The average molecular weight is 389 g/mol. The lowest BCUT2D eigenvalue weighted by molar-refractivity contribution is 0.0995. The Kier molecular flexibility index (Phi) is 7.70. The van der Waals surface area contributed by atoms with Gasteiger partial charge in [0.05, 0.1) is 12.2 Å². The molecular weight excluding hydrogens is 367 g/mol. The minimum Gasteiger partial charge on any atom is -0.303 e. The van der Waals surface area contributed by atoms with Crippen LogP contribution in [0.15, 0.2) is 40.6 Å². The molecule has 1 rings (SSSR count). The van der Waals surface area contributed by atoms with Crippen molar-refractivity contribution >= 4 is 29.3 Å². The van der Waals surface area contributed by atoms with Crippen LogP contribution in [0.5, 0.6) is 0 Å². The lowest BCUT2D eigenvalue weighted by atomic mass is 10.1. The van der Waals surface area contributed by atoms with Crippen LogP contribution in [-0.2, 0) is 13.6 Å². The van der Waals surface area contributed by atoms with Crippen LogP contribution in [0, 0.1) is 0 Å². The van der Waals surface area contributed by atoms with Crippen LogP contribution in [0.3, 0.4) is 0 Å². The smallest absolute Gasteiger partial charge is 0.303 e. The maximum absolute atomic E-state index is 12.7. The van der Waals surface area contributed by atoms with Crippen molar-refractivity contribution in [2.75, 3.05) is 0 Å². The Bertz CT molecular complexity index is 553. The normalized spacial score (nSPS) is 13.0. The number of carbonyl (C=O) groups is 1. The van der Waals surface area contributed by atoms with Gasteiger partial charge in [0, 0.05) is 22.3 Å². The zero-order chi connectivity index (χ0) is 16.8. The van der Waals surface area contributed by atoms with Crippen molar-refractivity contribution < 1.29 is 18.4 Å². The van der Waals surface area contributed by atoms with Crippen molar-refractivity contribution in [2.24, 2.45) is 0 Å². The summed E-state index contributed by atoms with van der Waals surface area (Å²) in [6.07, 6.45) is -0.381.